The van der Waals surface area contributed by atoms with E-state index in [4.69, 9.17) is 14.9 Å². The van der Waals surface area contributed by atoms with E-state index in [0.717, 1.165) is 12.1 Å². The van der Waals surface area contributed by atoms with E-state index in [1.54, 1.807) is 0 Å². The van der Waals surface area contributed by atoms with Crippen molar-refractivity contribution < 1.29 is 27.4 Å². The first kappa shape index (κ1) is 17.5. The lowest BCUT2D eigenvalue weighted by Crippen LogP contribution is -2.24. The smallest absolute Gasteiger partial charge is 0.417 e. The number of pyridine rings is 1. The molecule has 1 heterocycles. The van der Waals surface area contributed by atoms with E-state index in [-0.39, 0.29) is 5.88 Å². The highest BCUT2D eigenvalue weighted by atomic mass is 19.4. The van der Waals surface area contributed by atoms with Gasteiger partial charge in [-0.1, -0.05) is 0 Å². The van der Waals surface area contributed by atoms with Crippen LogP contribution in [0.3, 0.4) is 0 Å². The largest absolute Gasteiger partial charge is 0.483 e. The number of alkyl halides is 3. The van der Waals surface area contributed by atoms with Crippen molar-refractivity contribution in [1.29, 1.82) is 5.41 Å². The summed E-state index contributed by atoms with van der Waals surface area (Å²) in [6.45, 7) is 1.52. The number of ketones is 1. The third-order valence-electron chi connectivity index (χ3n) is 2.97. The first-order valence-electron chi connectivity index (χ1n) is 6.82. The van der Waals surface area contributed by atoms with Crippen LogP contribution in [0.25, 0.3) is 0 Å². The van der Waals surface area contributed by atoms with E-state index >= 15 is 0 Å². The van der Waals surface area contributed by atoms with Crippen LogP contribution in [0.2, 0.25) is 0 Å². The number of carbonyl (C=O) groups excluding carboxylic acids is 1. The molecule has 0 amide bonds. The minimum absolute atomic E-state index is 0.0176. The normalized spacial score (nSPS) is 12.3. The number of hydrogen-bond acceptors (Lipinski definition) is 5. The van der Waals surface area contributed by atoms with Crippen LogP contribution >= 0.6 is 0 Å². The van der Waals surface area contributed by atoms with E-state index in [0.29, 0.717) is 23.9 Å². The third kappa shape index (κ3) is 4.55. The Morgan fingerprint density at radius 3 is 2.29 bits per heavy atom. The summed E-state index contributed by atoms with van der Waals surface area (Å²) >= 11 is 0. The fourth-order valence-corrected chi connectivity index (χ4v) is 1.69. The Labute approximate surface area is 135 Å². The molecule has 8 heteroatoms. The summed E-state index contributed by atoms with van der Waals surface area (Å²) in [6.07, 6.45) is -3.86. The molecule has 0 bridgehead atoms. The third-order valence-corrected chi connectivity index (χ3v) is 2.97. The highest BCUT2D eigenvalue weighted by Crippen LogP contribution is 2.30. The zero-order valence-corrected chi connectivity index (χ0v) is 12.5. The molecule has 0 aliphatic heterocycles. The van der Waals surface area contributed by atoms with Crippen molar-refractivity contribution in [3.8, 4) is 17.4 Å². The summed E-state index contributed by atoms with van der Waals surface area (Å²) in [5.74, 6) is 0.291. The summed E-state index contributed by atoms with van der Waals surface area (Å²) in [6, 6.07) is 8.12. The Morgan fingerprint density at radius 2 is 1.79 bits per heavy atom. The molecule has 1 aromatic carbocycles. The second-order valence-electron chi connectivity index (χ2n) is 4.76. The molecule has 0 aliphatic carbocycles. The number of Topliss-reactive ketones (excluding diaryl/α,β-unsaturated/α-hetero) is 1. The molecule has 1 aromatic heterocycles. The molecule has 0 fully saturated rings. The second kappa shape index (κ2) is 7.12. The van der Waals surface area contributed by atoms with E-state index in [1.807, 2.05) is 0 Å². The van der Waals surface area contributed by atoms with Gasteiger partial charge in [0, 0.05) is 12.3 Å². The van der Waals surface area contributed by atoms with Gasteiger partial charge in [0.05, 0.1) is 11.8 Å². The molecule has 24 heavy (non-hydrogen) atoms. The average Bonchev–Trinajstić information content (AvgIpc) is 2.55. The molecule has 0 aliphatic rings. The van der Waals surface area contributed by atoms with Crippen LogP contribution in [0.4, 0.5) is 13.2 Å². The van der Waals surface area contributed by atoms with Crippen LogP contribution in [0.5, 0.6) is 17.4 Å². The van der Waals surface area contributed by atoms with Gasteiger partial charge in [-0.15, -0.1) is 0 Å². The summed E-state index contributed by atoms with van der Waals surface area (Å²) in [5.41, 5.74) is -0.858. The van der Waals surface area contributed by atoms with Crippen LogP contribution in [0.1, 0.15) is 12.5 Å². The Bertz CT molecular complexity index is 713. The van der Waals surface area contributed by atoms with E-state index in [9.17, 15) is 18.0 Å². The molecule has 0 saturated carbocycles. The lowest BCUT2D eigenvalue weighted by Gasteiger charge is -2.12. The van der Waals surface area contributed by atoms with Gasteiger partial charge < -0.3 is 14.9 Å². The van der Waals surface area contributed by atoms with Crippen LogP contribution < -0.4 is 9.47 Å². The molecule has 0 saturated heterocycles. The van der Waals surface area contributed by atoms with Crippen molar-refractivity contribution in [3.63, 3.8) is 0 Å². The van der Waals surface area contributed by atoms with Crippen LogP contribution in [-0.4, -0.2) is 23.1 Å². The van der Waals surface area contributed by atoms with Gasteiger partial charge in [0.2, 0.25) is 11.7 Å². The summed E-state index contributed by atoms with van der Waals surface area (Å²) in [4.78, 5) is 14.8. The fourth-order valence-electron chi connectivity index (χ4n) is 1.69. The van der Waals surface area contributed by atoms with Gasteiger partial charge in [-0.3, -0.25) is 4.79 Å². The van der Waals surface area contributed by atoms with Crippen molar-refractivity contribution in [3.05, 3.63) is 48.2 Å². The monoisotopic (exact) mass is 338 g/mol. The number of hydrogen-bond donors (Lipinski definition) is 1. The number of carbonyl (C=O) groups is 1. The molecule has 1 atom stereocenters. The Balaban J connectivity index is 2.01. The number of ether oxygens (including phenoxy) is 2. The number of aromatic nitrogens is 1. The van der Waals surface area contributed by atoms with Gasteiger partial charge in [0.15, 0.2) is 6.10 Å². The minimum Gasteiger partial charge on any atom is -0.483 e. The van der Waals surface area contributed by atoms with Gasteiger partial charge in [0.1, 0.15) is 11.5 Å². The zero-order chi connectivity index (χ0) is 17.7. The van der Waals surface area contributed by atoms with Crippen molar-refractivity contribution in [1.82, 2.24) is 4.98 Å². The highest BCUT2D eigenvalue weighted by Gasteiger charge is 2.30. The molecule has 5 nitrogen and oxygen atoms in total. The van der Waals surface area contributed by atoms with Gasteiger partial charge in [0.25, 0.3) is 0 Å². The van der Waals surface area contributed by atoms with E-state index in [2.05, 4.69) is 4.98 Å². The lowest BCUT2D eigenvalue weighted by molar-refractivity contribution is -0.137. The quantitative estimate of drug-likeness (QED) is 0.811. The number of halogens is 3. The maximum atomic E-state index is 12.4. The minimum atomic E-state index is -4.45. The zero-order valence-electron chi connectivity index (χ0n) is 12.5. The van der Waals surface area contributed by atoms with Gasteiger partial charge in [-0.05, 0) is 37.3 Å². The predicted octanol–water partition coefficient (Wildman–Crippen LogP) is 3.88. The standard InChI is InChI=1S/C16H13F3N2O3/c1-10(14(22)8-20)23-12-3-5-13(6-4-12)24-15-7-2-11(9-21-15)16(17,18)19/h2-10,20H,1H3. The number of rotatable bonds is 6. The summed E-state index contributed by atoms with van der Waals surface area (Å²) in [5, 5.41) is 6.87. The van der Waals surface area contributed by atoms with E-state index < -0.39 is 23.6 Å². The Kier molecular flexibility index (Phi) is 5.18. The average molecular weight is 338 g/mol. The highest BCUT2D eigenvalue weighted by molar-refractivity contribution is 6.28. The maximum Gasteiger partial charge on any atom is 0.417 e. The fraction of sp³-hybridized carbons (Fsp3) is 0.188. The SMILES string of the molecule is CC(Oc1ccc(Oc2ccc(C(F)(F)F)cn2)cc1)C(=O)C=N. The lowest BCUT2D eigenvalue weighted by atomic mass is 10.2. The first-order valence-corrected chi connectivity index (χ1v) is 6.82. The predicted molar refractivity (Wildman–Crippen MR) is 79.6 cm³/mol. The molecule has 126 valence electrons. The molecule has 0 spiro atoms. The molecule has 0 radical (unpaired) electrons. The molecular weight excluding hydrogens is 325 g/mol. The molecule has 1 unspecified atom stereocenters. The summed E-state index contributed by atoms with van der Waals surface area (Å²) in [7, 11) is 0. The second-order valence-corrected chi connectivity index (χ2v) is 4.76. The Hall–Kier alpha value is -2.90. The molecular formula is C16H13F3N2O3. The molecule has 2 aromatic rings. The maximum absolute atomic E-state index is 12.4. The van der Waals surface area contributed by atoms with Gasteiger partial charge in [-0.2, -0.15) is 13.2 Å². The van der Waals surface area contributed by atoms with Crippen molar-refractivity contribution in [2.24, 2.45) is 0 Å². The number of nitrogens with one attached hydrogen (secondary N) is 1. The first-order chi connectivity index (χ1) is 11.3. The van der Waals surface area contributed by atoms with Crippen molar-refractivity contribution >= 4 is 12.0 Å². The van der Waals surface area contributed by atoms with Crippen LogP contribution in [-0.2, 0) is 11.0 Å². The van der Waals surface area contributed by atoms with Gasteiger partial charge in [-0.25, -0.2) is 4.98 Å². The van der Waals surface area contributed by atoms with Crippen molar-refractivity contribution in [2.75, 3.05) is 0 Å². The topological polar surface area (TPSA) is 72.3 Å². The molecule has 2 rings (SSSR count). The Morgan fingerprint density at radius 1 is 1.17 bits per heavy atom. The van der Waals surface area contributed by atoms with Gasteiger partial charge >= 0.3 is 6.18 Å². The van der Waals surface area contributed by atoms with E-state index in [1.165, 1.54) is 31.2 Å². The summed E-state index contributed by atoms with van der Waals surface area (Å²) < 4.78 is 48.0. The molecule has 1 N–H and O–H groups in total. The van der Waals surface area contributed by atoms with Crippen LogP contribution in [0, 0.1) is 5.41 Å². The number of nitrogens with zero attached hydrogens (tertiary/aromatic N) is 1. The van der Waals surface area contributed by atoms with Crippen LogP contribution in [0.15, 0.2) is 42.6 Å². The number of benzene rings is 1. The van der Waals surface area contributed by atoms with Crippen molar-refractivity contribution in [2.45, 2.75) is 19.2 Å².